The first-order chi connectivity index (χ1) is 13.1. The van der Waals surface area contributed by atoms with Crippen molar-refractivity contribution >= 4 is 29.3 Å². The minimum atomic E-state index is -0.758. The summed E-state index contributed by atoms with van der Waals surface area (Å²) in [4.78, 5) is 37.4. The third-order valence-electron chi connectivity index (χ3n) is 3.67. The molecule has 0 aromatic carbocycles. The minimum Gasteiger partial charge on any atom is -0.493 e. The van der Waals surface area contributed by atoms with Crippen molar-refractivity contribution < 1.29 is 33.3 Å². The van der Waals surface area contributed by atoms with Crippen LogP contribution >= 0.6 is 11.3 Å². The number of hydrogen-bond donors (Lipinski definition) is 2. The van der Waals surface area contributed by atoms with Crippen molar-refractivity contribution in [3.63, 3.8) is 0 Å². The molecule has 2 aliphatic rings. The van der Waals surface area contributed by atoms with E-state index in [-0.39, 0.29) is 36.8 Å². The van der Waals surface area contributed by atoms with Gasteiger partial charge in [0.15, 0.2) is 0 Å². The van der Waals surface area contributed by atoms with E-state index in [1.165, 1.54) is 17.6 Å². The Morgan fingerprint density at radius 2 is 2.15 bits per heavy atom. The Balaban J connectivity index is 1.85. The maximum atomic E-state index is 12.5. The van der Waals surface area contributed by atoms with Crippen LogP contribution in [0.15, 0.2) is 40.8 Å². The third kappa shape index (κ3) is 4.40. The van der Waals surface area contributed by atoms with Gasteiger partial charge in [-0.3, -0.25) is 0 Å². The van der Waals surface area contributed by atoms with Gasteiger partial charge in [-0.2, -0.15) is 0 Å². The van der Waals surface area contributed by atoms with E-state index in [1.807, 2.05) is 11.4 Å². The van der Waals surface area contributed by atoms with Crippen molar-refractivity contribution in [3.05, 3.63) is 45.7 Å². The first-order valence-corrected chi connectivity index (χ1v) is 9.11. The molecule has 0 unspecified atom stereocenters. The standard InChI is InChI=1S/C17H18N2O7S/c1-2-24-16(21)13-10(8-26-15(20)11-9-23-5-6-25-11)18-17(22)19-14(13)12-4-3-7-27-12/h3-4,7,9,14H,2,5-6,8H2,1H3,(H2,18,19,22)/t14-/m0/s1. The molecule has 0 radical (unpaired) electrons. The molecule has 3 rings (SSSR count). The predicted octanol–water partition coefficient (Wildman–Crippen LogP) is 1.35. The highest BCUT2D eigenvalue weighted by molar-refractivity contribution is 7.10. The number of hydrogen-bond acceptors (Lipinski definition) is 8. The summed E-state index contributed by atoms with van der Waals surface area (Å²) >= 11 is 1.38. The average Bonchev–Trinajstić information content (AvgIpc) is 3.21. The van der Waals surface area contributed by atoms with Gasteiger partial charge in [-0.05, 0) is 18.4 Å². The van der Waals surface area contributed by atoms with Gasteiger partial charge in [0.1, 0.15) is 26.1 Å². The summed E-state index contributed by atoms with van der Waals surface area (Å²) in [6.07, 6.45) is 1.17. The maximum absolute atomic E-state index is 12.5. The van der Waals surface area contributed by atoms with Crippen LogP contribution in [0, 0.1) is 0 Å². The predicted molar refractivity (Wildman–Crippen MR) is 93.3 cm³/mol. The van der Waals surface area contributed by atoms with Gasteiger partial charge in [0.25, 0.3) is 0 Å². The highest BCUT2D eigenvalue weighted by Gasteiger charge is 2.35. The molecule has 0 bridgehead atoms. The lowest BCUT2D eigenvalue weighted by molar-refractivity contribution is -0.144. The molecule has 2 amide bonds. The fraction of sp³-hybridized carbons (Fsp3) is 0.353. The molecule has 9 nitrogen and oxygen atoms in total. The Morgan fingerprint density at radius 3 is 2.81 bits per heavy atom. The Labute approximate surface area is 158 Å². The number of esters is 2. The van der Waals surface area contributed by atoms with E-state index in [9.17, 15) is 14.4 Å². The molecular weight excluding hydrogens is 376 g/mol. The molecule has 1 aromatic heterocycles. The van der Waals surface area contributed by atoms with E-state index >= 15 is 0 Å². The van der Waals surface area contributed by atoms with Crippen LogP contribution in [0.5, 0.6) is 0 Å². The molecule has 27 heavy (non-hydrogen) atoms. The van der Waals surface area contributed by atoms with Crippen LogP contribution in [0.3, 0.4) is 0 Å². The first-order valence-electron chi connectivity index (χ1n) is 8.23. The van der Waals surface area contributed by atoms with Crippen LogP contribution in [0.4, 0.5) is 4.79 Å². The molecule has 0 spiro atoms. The first kappa shape index (κ1) is 18.8. The number of urea groups is 1. The van der Waals surface area contributed by atoms with E-state index in [4.69, 9.17) is 18.9 Å². The summed E-state index contributed by atoms with van der Waals surface area (Å²) in [6, 6.07) is 2.40. The Morgan fingerprint density at radius 1 is 1.30 bits per heavy atom. The van der Waals surface area contributed by atoms with Crippen LogP contribution in [0.25, 0.3) is 0 Å². The number of carbonyl (C=O) groups is 3. The molecule has 2 N–H and O–H groups in total. The molecular formula is C17H18N2O7S. The molecule has 0 saturated carbocycles. The van der Waals surface area contributed by atoms with Gasteiger partial charge >= 0.3 is 18.0 Å². The topological polar surface area (TPSA) is 112 Å². The lowest BCUT2D eigenvalue weighted by atomic mass is 10.0. The number of amides is 2. The number of nitrogens with one attached hydrogen (secondary N) is 2. The second kappa shape index (κ2) is 8.58. The highest BCUT2D eigenvalue weighted by atomic mass is 32.1. The van der Waals surface area contributed by atoms with E-state index < -0.39 is 24.0 Å². The molecule has 144 valence electrons. The van der Waals surface area contributed by atoms with Gasteiger partial charge < -0.3 is 29.6 Å². The molecule has 0 fully saturated rings. The van der Waals surface area contributed by atoms with Crippen molar-refractivity contribution in [2.45, 2.75) is 13.0 Å². The van der Waals surface area contributed by atoms with Crippen LogP contribution in [0.2, 0.25) is 0 Å². The minimum absolute atomic E-state index is 0.0744. The van der Waals surface area contributed by atoms with Gasteiger partial charge in [-0.15, -0.1) is 11.3 Å². The second-order valence-electron chi connectivity index (χ2n) is 5.44. The van der Waals surface area contributed by atoms with Gasteiger partial charge in [0, 0.05) is 4.88 Å². The maximum Gasteiger partial charge on any atom is 0.377 e. The molecule has 3 heterocycles. The molecule has 1 aromatic rings. The SMILES string of the molecule is CCOC(=O)C1=C(COC(=O)C2=COCCO2)NC(=O)N[C@H]1c1cccs1. The summed E-state index contributed by atoms with van der Waals surface area (Å²) in [5.74, 6) is -1.44. The normalized spacial score (nSPS) is 19.1. The zero-order valence-corrected chi connectivity index (χ0v) is 15.3. The van der Waals surface area contributed by atoms with E-state index in [0.29, 0.717) is 6.61 Å². The molecule has 0 saturated heterocycles. The number of thiophene rings is 1. The lowest BCUT2D eigenvalue weighted by Gasteiger charge is -2.28. The summed E-state index contributed by atoms with van der Waals surface area (Å²) in [5.41, 5.74) is 0.336. The van der Waals surface area contributed by atoms with Crippen molar-refractivity contribution in [2.24, 2.45) is 0 Å². The van der Waals surface area contributed by atoms with Gasteiger partial charge in [0.05, 0.1) is 23.9 Å². The summed E-state index contributed by atoms with van der Waals surface area (Å²) in [7, 11) is 0. The summed E-state index contributed by atoms with van der Waals surface area (Å²) < 4.78 is 20.5. The van der Waals surface area contributed by atoms with Crippen LogP contribution in [0.1, 0.15) is 17.8 Å². The lowest BCUT2D eigenvalue weighted by Crippen LogP contribution is -2.47. The quantitative estimate of drug-likeness (QED) is 0.701. The zero-order chi connectivity index (χ0) is 19.2. The van der Waals surface area contributed by atoms with Crippen molar-refractivity contribution in [2.75, 3.05) is 26.4 Å². The fourth-order valence-corrected chi connectivity index (χ4v) is 3.32. The van der Waals surface area contributed by atoms with E-state index in [1.54, 1.807) is 13.0 Å². The van der Waals surface area contributed by atoms with E-state index in [2.05, 4.69) is 10.6 Å². The average molecular weight is 394 g/mol. The number of carbonyl (C=O) groups excluding carboxylic acids is 3. The number of ether oxygens (including phenoxy) is 4. The van der Waals surface area contributed by atoms with Crippen molar-refractivity contribution in [3.8, 4) is 0 Å². The van der Waals surface area contributed by atoms with E-state index in [0.717, 1.165) is 4.88 Å². The second-order valence-corrected chi connectivity index (χ2v) is 6.42. The Bertz CT molecular complexity index is 785. The van der Waals surface area contributed by atoms with Gasteiger partial charge in [0.2, 0.25) is 5.76 Å². The monoisotopic (exact) mass is 394 g/mol. The molecule has 10 heteroatoms. The smallest absolute Gasteiger partial charge is 0.377 e. The fourth-order valence-electron chi connectivity index (χ4n) is 2.53. The van der Waals surface area contributed by atoms with Crippen molar-refractivity contribution in [1.29, 1.82) is 0 Å². The Kier molecular flexibility index (Phi) is 5.97. The highest BCUT2D eigenvalue weighted by Crippen LogP contribution is 2.30. The number of rotatable bonds is 6. The van der Waals surface area contributed by atoms with Crippen molar-refractivity contribution in [1.82, 2.24) is 10.6 Å². The molecule has 1 atom stereocenters. The van der Waals surface area contributed by atoms with Gasteiger partial charge in [-0.1, -0.05) is 6.07 Å². The Hall–Kier alpha value is -3.01. The van der Waals surface area contributed by atoms with Crippen LogP contribution < -0.4 is 10.6 Å². The molecule has 2 aliphatic heterocycles. The zero-order valence-electron chi connectivity index (χ0n) is 14.5. The van der Waals surface area contributed by atoms with Crippen LogP contribution in [-0.2, 0) is 28.5 Å². The largest absolute Gasteiger partial charge is 0.493 e. The van der Waals surface area contributed by atoms with Gasteiger partial charge in [-0.25, -0.2) is 14.4 Å². The van der Waals surface area contributed by atoms with Crippen LogP contribution in [-0.4, -0.2) is 44.4 Å². The summed E-state index contributed by atoms with van der Waals surface area (Å²) in [5, 5.41) is 7.05. The molecule has 0 aliphatic carbocycles. The third-order valence-corrected chi connectivity index (χ3v) is 4.61. The summed E-state index contributed by atoms with van der Waals surface area (Å²) in [6.45, 7) is 2.10.